The zero-order chi connectivity index (χ0) is 34.2. The van der Waals surface area contributed by atoms with Crippen LogP contribution in [0.1, 0.15) is 165 Å². The number of quaternary nitrogens is 1. The van der Waals surface area contributed by atoms with Crippen molar-refractivity contribution in [3.05, 3.63) is 35.9 Å². The Morgan fingerprint density at radius 3 is 1.62 bits per heavy atom. The van der Waals surface area contributed by atoms with Crippen LogP contribution in [0.5, 0.6) is 0 Å². The summed E-state index contributed by atoms with van der Waals surface area (Å²) in [7, 11) is 2.19. The number of carbonyl (C=O) groups is 4. The monoisotopic (exact) mass is 655 g/mol. The fourth-order valence-electron chi connectivity index (χ4n) is 6.81. The molecular formula is C40H68N3O4+. The summed E-state index contributed by atoms with van der Waals surface area (Å²) in [4.78, 5) is 53.1. The highest BCUT2D eigenvalue weighted by atomic mass is 16.2. The first-order valence-electron chi connectivity index (χ1n) is 19.3. The van der Waals surface area contributed by atoms with Crippen LogP contribution in [0.2, 0.25) is 0 Å². The zero-order valence-corrected chi connectivity index (χ0v) is 30.4. The Kier molecular flexibility index (Phi) is 21.3. The quantitative estimate of drug-likeness (QED) is 0.0424. The number of Topliss-reactive ketones (excluding diaryl/α,β-unsaturated/α-hetero) is 1. The van der Waals surface area contributed by atoms with E-state index in [9.17, 15) is 19.2 Å². The third-order valence-corrected chi connectivity index (χ3v) is 9.87. The predicted molar refractivity (Wildman–Crippen MR) is 193 cm³/mol. The van der Waals surface area contributed by atoms with Gasteiger partial charge in [-0.3, -0.25) is 24.1 Å². The summed E-state index contributed by atoms with van der Waals surface area (Å²) in [5.41, 5.74) is 0.464. The predicted octanol–water partition coefficient (Wildman–Crippen LogP) is 8.79. The number of carbonyl (C=O) groups excluding carboxylic acids is 4. The number of hydrogen-bond donors (Lipinski definition) is 1. The Morgan fingerprint density at radius 2 is 1.15 bits per heavy atom. The third-order valence-electron chi connectivity index (χ3n) is 9.87. The molecule has 266 valence electrons. The Hall–Kier alpha value is -2.54. The number of likely N-dealkylation sites (tertiary alicyclic amines) is 1. The maximum absolute atomic E-state index is 13.4. The molecule has 1 aliphatic heterocycles. The second kappa shape index (κ2) is 24.6. The number of piperidine rings is 1. The van der Waals surface area contributed by atoms with Crippen molar-refractivity contribution in [2.24, 2.45) is 0 Å². The van der Waals surface area contributed by atoms with Crippen LogP contribution in [-0.2, 0) is 14.4 Å². The summed E-state index contributed by atoms with van der Waals surface area (Å²) in [6.45, 7) is 6.46. The molecule has 1 aromatic carbocycles. The first-order chi connectivity index (χ1) is 22.8. The first-order valence-corrected chi connectivity index (χ1v) is 19.3. The second-order valence-corrected chi connectivity index (χ2v) is 14.4. The van der Waals surface area contributed by atoms with E-state index < -0.39 is 11.9 Å². The molecule has 0 radical (unpaired) electrons. The molecule has 1 unspecified atom stereocenters. The van der Waals surface area contributed by atoms with E-state index in [0.717, 1.165) is 30.8 Å². The van der Waals surface area contributed by atoms with Gasteiger partial charge in [-0.2, -0.15) is 0 Å². The van der Waals surface area contributed by atoms with Crippen LogP contribution >= 0.6 is 0 Å². The van der Waals surface area contributed by atoms with E-state index in [1.54, 1.807) is 24.3 Å². The van der Waals surface area contributed by atoms with Gasteiger partial charge in [-0.05, 0) is 32.1 Å². The number of nitrogens with one attached hydrogen (secondary N) is 1. The van der Waals surface area contributed by atoms with Crippen LogP contribution in [0.25, 0.3) is 0 Å². The number of ketones is 1. The molecule has 1 aliphatic rings. The smallest absolute Gasteiger partial charge is 0.275 e. The van der Waals surface area contributed by atoms with Crippen LogP contribution in [0.4, 0.5) is 0 Å². The van der Waals surface area contributed by atoms with Gasteiger partial charge in [0.1, 0.15) is 6.04 Å². The lowest BCUT2D eigenvalue weighted by molar-refractivity contribution is -0.902. The van der Waals surface area contributed by atoms with Crippen LogP contribution in [0.15, 0.2) is 30.3 Å². The zero-order valence-electron chi connectivity index (χ0n) is 30.4. The molecule has 0 aliphatic carbocycles. The molecule has 1 saturated heterocycles. The summed E-state index contributed by atoms with van der Waals surface area (Å²) in [5.74, 6) is -1.25. The fourth-order valence-corrected chi connectivity index (χ4v) is 6.81. The van der Waals surface area contributed by atoms with E-state index >= 15 is 0 Å². The van der Waals surface area contributed by atoms with Crippen molar-refractivity contribution in [3.63, 3.8) is 0 Å². The number of unbranched alkanes of at least 4 members (excludes halogenated alkanes) is 18. The van der Waals surface area contributed by atoms with Gasteiger partial charge in [0, 0.05) is 12.0 Å². The summed E-state index contributed by atoms with van der Waals surface area (Å²) < 4.78 is 0.677. The largest absolute Gasteiger partial charge is 0.339 e. The number of hydrogen-bond acceptors (Lipinski definition) is 4. The van der Waals surface area contributed by atoms with Gasteiger partial charge in [-0.25, -0.2) is 0 Å². The molecule has 1 atom stereocenters. The molecular weight excluding hydrogens is 586 g/mol. The minimum absolute atomic E-state index is 0.141. The molecule has 3 amide bonds. The van der Waals surface area contributed by atoms with Crippen LogP contribution in [-0.4, -0.2) is 72.2 Å². The van der Waals surface area contributed by atoms with Crippen molar-refractivity contribution < 1.29 is 23.7 Å². The van der Waals surface area contributed by atoms with Crippen molar-refractivity contribution in [2.75, 3.05) is 33.2 Å². The number of benzene rings is 1. The van der Waals surface area contributed by atoms with Gasteiger partial charge >= 0.3 is 0 Å². The lowest BCUT2D eigenvalue weighted by Crippen LogP contribution is -2.58. The Morgan fingerprint density at radius 1 is 0.702 bits per heavy atom. The van der Waals surface area contributed by atoms with Crippen molar-refractivity contribution in [2.45, 2.75) is 161 Å². The number of rotatable bonds is 28. The lowest BCUT2D eigenvalue weighted by Gasteiger charge is -2.35. The number of amides is 3. The maximum atomic E-state index is 13.4. The van der Waals surface area contributed by atoms with E-state index in [2.05, 4.69) is 26.2 Å². The van der Waals surface area contributed by atoms with Crippen LogP contribution in [0.3, 0.4) is 0 Å². The number of imide groups is 1. The second-order valence-electron chi connectivity index (χ2n) is 14.4. The minimum Gasteiger partial charge on any atom is -0.339 e. The van der Waals surface area contributed by atoms with Gasteiger partial charge in [0.25, 0.3) is 11.8 Å². The number of likely N-dealkylation sites (N-methyl/N-ethyl adjacent to an activating group) is 1. The molecule has 1 N–H and O–H groups in total. The van der Waals surface area contributed by atoms with E-state index in [0.29, 0.717) is 16.6 Å². The molecule has 0 aromatic heterocycles. The molecule has 0 spiro atoms. The Balaban J connectivity index is 1.85. The summed E-state index contributed by atoms with van der Waals surface area (Å²) in [6, 6.07) is 7.93. The Bertz CT molecular complexity index is 1000. The molecule has 7 heteroatoms. The summed E-state index contributed by atoms with van der Waals surface area (Å²) in [6.07, 6.45) is 26.1. The first kappa shape index (κ1) is 40.6. The molecule has 1 fully saturated rings. The topological polar surface area (TPSA) is 83.6 Å². The highest BCUT2D eigenvalue weighted by molar-refractivity contribution is 6.07. The average Bonchev–Trinajstić information content (AvgIpc) is 3.06. The molecule has 0 saturated carbocycles. The molecule has 1 aromatic rings. The van der Waals surface area contributed by atoms with E-state index in [1.807, 2.05) is 6.07 Å². The Labute approximate surface area is 287 Å². The fraction of sp³-hybridized carbons (Fsp3) is 0.750. The maximum Gasteiger partial charge on any atom is 0.275 e. The van der Waals surface area contributed by atoms with Gasteiger partial charge < -0.3 is 9.80 Å². The normalized spacial score (nSPS) is 15.3. The highest BCUT2D eigenvalue weighted by Gasteiger charge is 2.37. The molecule has 1 heterocycles. The molecule has 2 rings (SSSR count). The SMILES string of the molecule is CCCCCCCCCCCC[N+](C)(CCCCCCCCCCCC)CC(=O)NC1CCC(=O)N(CC(=O)c2ccccc2)C1=O. The van der Waals surface area contributed by atoms with Gasteiger partial charge in [0.2, 0.25) is 5.91 Å². The van der Waals surface area contributed by atoms with Crippen molar-refractivity contribution in [3.8, 4) is 0 Å². The van der Waals surface area contributed by atoms with E-state index in [-0.39, 0.29) is 37.0 Å². The van der Waals surface area contributed by atoms with Crippen molar-refractivity contribution in [1.82, 2.24) is 10.2 Å². The van der Waals surface area contributed by atoms with Crippen molar-refractivity contribution >= 4 is 23.5 Å². The van der Waals surface area contributed by atoms with Crippen molar-refractivity contribution in [1.29, 1.82) is 0 Å². The minimum atomic E-state index is -0.771. The summed E-state index contributed by atoms with van der Waals surface area (Å²) in [5, 5.41) is 2.96. The van der Waals surface area contributed by atoms with Gasteiger partial charge in [0.05, 0.1) is 26.7 Å². The van der Waals surface area contributed by atoms with Crippen LogP contribution < -0.4 is 5.32 Å². The van der Waals surface area contributed by atoms with Gasteiger partial charge in [-0.15, -0.1) is 0 Å². The average molecular weight is 655 g/mol. The molecule has 0 bridgehead atoms. The third kappa shape index (κ3) is 17.4. The van der Waals surface area contributed by atoms with Gasteiger partial charge in [-0.1, -0.05) is 147 Å². The van der Waals surface area contributed by atoms with E-state index in [4.69, 9.17) is 0 Å². The van der Waals surface area contributed by atoms with Crippen LogP contribution in [0, 0.1) is 0 Å². The molecule has 47 heavy (non-hydrogen) atoms. The lowest BCUT2D eigenvalue weighted by atomic mass is 10.0. The molecule has 7 nitrogen and oxygen atoms in total. The number of nitrogens with zero attached hydrogens (tertiary/aromatic N) is 2. The highest BCUT2D eigenvalue weighted by Crippen LogP contribution is 2.18. The van der Waals surface area contributed by atoms with Gasteiger partial charge in [0.15, 0.2) is 12.3 Å². The summed E-state index contributed by atoms with van der Waals surface area (Å²) >= 11 is 0. The van der Waals surface area contributed by atoms with E-state index in [1.165, 1.54) is 116 Å². The standard InChI is InChI=1S/C40H67N3O4/c1-4-6-8-10-12-14-16-18-20-25-31-43(3,32-26-21-19-17-15-13-11-9-7-5-2)34-38(45)41-36-29-30-39(46)42(40(36)47)33-37(44)35-27-23-22-24-28-35/h22-24,27-28,36H,4-21,25-26,29-34H2,1-3H3/p+1.